The topological polar surface area (TPSA) is 73.4 Å². The lowest BCUT2D eigenvalue weighted by Gasteiger charge is -2.26. The molecule has 0 bridgehead atoms. The van der Waals surface area contributed by atoms with Gasteiger partial charge in [0.2, 0.25) is 0 Å². The number of hydrogen-bond donors (Lipinski definition) is 2. The quantitative estimate of drug-likeness (QED) is 0.281. The van der Waals surface area contributed by atoms with Gasteiger partial charge in [-0.15, -0.1) is 0 Å². The Kier molecular flexibility index (Phi) is 4.44. The van der Waals surface area contributed by atoms with E-state index in [1.807, 2.05) is 85.8 Å². The zero-order valence-electron chi connectivity index (χ0n) is 16.9. The molecule has 31 heavy (non-hydrogen) atoms. The first-order valence-electron chi connectivity index (χ1n) is 10.1. The van der Waals surface area contributed by atoms with Crippen molar-refractivity contribution in [2.45, 2.75) is 13.0 Å². The number of anilines is 1. The van der Waals surface area contributed by atoms with E-state index < -0.39 is 17.7 Å². The molecular formula is C26H20N2O3. The fourth-order valence-electron chi connectivity index (χ4n) is 4.28. The fourth-order valence-corrected chi connectivity index (χ4v) is 4.28. The first-order valence-corrected chi connectivity index (χ1v) is 10.1. The van der Waals surface area contributed by atoms with Crippen LogP contribution in [0.25, 0.3) is 16.7 Å². The number of nitrogens with zero attached hydrogens (tertiary/aromatic N) is 1. The van der Waals surface area contributed by atoms with Crippen molar-refractivity contribution in [3.8, 4) is 0 Å². The number of aromatic nitrogens is 1. The standard InChI is InChI=1S/C26H20N2O3/c1-16-9-5-8-14-21(16)28-23(17-10-3-2-4-11-17)22(25(30)26(28)31)24(29)19-15-27-20-13-7-6-12-18(19)20/h2-15,23,27,29H,1H3/b24-22-. The van der Waals surface area contributed by atoms with Crippen LogP contribution in [0, 0.1) is 6.92 Å². The average molecular weight is 408 g/mol. The molecule has 0 aliphatic carbocycles. The number of benzene rings is 3. The van der Waals surface area contributed by atoms with Gasteiger partial charge in [-0.1, -0.05) is 66.7 Å². The summed E-state index contributed by atoms with van der Waals surface area (Å²) in [5.74, 6) is -1.52. The van der Waals surface area contributed by atoms with E-state index in [2.05, 4.69) is 4.98 Å². The van der Waals surface area contributed by atoms with E-state index in [1.165, 1.54) is 4.90 Å². The van der Waals surface area contributed by atoms with Gasteiger partial charge in [0.1, 0.15) is 5.76 Å². The van der Waals surface area contributed by atoms with Crippen molar-refractivity contribution in [3.05, 3.63) is 107 Å². The van der Waals surface area contributed by atoms with E-state index in [4.69, 9.17) is 0 Å². The second kappa shape index (κ2) is 7.29. The summed E-state index contributed by atoms with van der Waals surface area (Å²) >= 11 is 0. The second-order valence-electron chi connectivity index (χ2n) is 7.61. The third-order valence-corrected chi connectivity index (χ3v) is 5.78. The van der Waals surface area contributed by atoms with Gasteiger partial charge in [-0.3, -0.25) is 14.5 Å². The number of amides is 1. The monoisotopic (exact) mass is 408 g/mol. The number of H-pyrrole nitrogens is 1. The Morgan fingerprint density at radius 3 is 2.35 bits per heavy atom. The molecule has 4 aromatic rings. The van der Waals surface area contributed by atoms with E-state index in [1.54, 1.807) is 6.20 Å². The molecule has 5 heteroatoms. The van der Waals surface area contributed by atoms with Crippen LogP contribution >= 0.6 is 0 Å². The molecule has 1 saturated heterocycles. The number of rotatable bonds is 3. The van der Waals surface area contributed by atoms with E-state index >= 15 is 0 Å². The van der Waals surface area contributed by atoms with Crippen LogP contribution in [0.1, 0.15) is 22.7 Å². The zero-order chi connectivity index (χ0) is 21.5. The number of nitrogens with one attached hydrogen (secondary N) is 1. The van der Waals surface area contributed by atoms with Crippen molar-refractivity contribution in [2.24, 2.45) is 0 Å². The largest absolute Gasteiger partial charge is 0.507 e. The maximum Gasteiger partial charge on any atom is 0.300 e. The van der Waals surface area contributed by atoms with Gasteiger partial charge in [-0.05, 0) is 30.2 Å². The van der Waals surface area contributed by atoms with Crippen LogP contribution < -0.4 is 4.90 Å². The summed E-state index contributed by atoms with van der Waals surface area (Å²) in [4.78, 5) is 31.1. The molecule has 1 aromatic heterocycles. The summed E-state index contributed by atoms with van der Waals surface area (Å²) in [5.41, 5.74) is 3.71. The van der Waals surface area contributed by atoms with Crippen LogP contribution in [0.15, 0.2) is 90.6 Å². The minimum absolute atomic E-state index is 0.0872. The van der Waals surface area contributed by atoms with Crippen molar-refractivity contribution in [1.82, 2.24) is 4.98 Å². The highest BCUT2D eigenvalue weighted by molar-refractivity contribution is 6.52. The highest BCUT2D eigenvalue weighted by atomic mass is 16.3. The van der Waals surface area contributed by atoms with Gasteiger partial charge in [0, 0.05) is 28.4 Å². The predicted octanol–water partition coefficient (Wildman–Crippen LogP) is 5.10. The number of aliphatic hydroxyl groups is 1. The number of hydrogen-bond acceptors (Lipinski definition) is 3. The third-order valence-electron chi connectivity index (χ3n) is 5.78. The van der Waals surface area contributed by atoms with Gasteiger partial charge in [0.25, 0.3) is 11.7 Å². The summed E-state index contributed by atoms with van der Waals surface area (Å²) in [6.07, 6.45) is 1.67. The molecule has 2 heterocycles. The Bertz CT molecular complexity index is 1350. The minimum atomic E-state index is -0.726. The zero-order valence-corrected chi connectivity index (χ0v) is 16.9. The van der Waals surface area contributed by atoms with Gasteiger partial charge >= 0.3 is 0 Å². The van der Waals surface area contributed by atoms with Gasteiger partial charge in [-0.2, -0.15) is 0 Å². The molecule has 3 aromatic carbocycles. The molecule has 0 radical (unpaired) electrons. The molecular weight excluding hydrogens is 388 g/mol. The maximum atomic E-state index is 13.2. The fraction of sp³-hybridized carbons (Fsp3) is 0.0769. The Labute approximate surface area is 179 Å². The summed E-state index contributed by atoms with van der Waals surface area (Å²) < 4.78 is 0. The normalized spacial score (nSPS) is 18.1. The molecule has 0 spiro atoms. The van der Waals surface area contributed by atoms with Gasteiger partial charge in [0.15, 0.2) is 0 Å². The molecule has 152 valence electrons. The number of fused-ring (bicyclic) bond motifs is 1. The first-order chi connectivity index (χ1) is 15.1. The molecule has 0 saturated carbocycles. The second-order valence-corrected chi connectivity index (χ2v) is 7.61. The summed E-state index contributed by atoms with van der Waals surface area (Å²) in [7, 11) is 0. The number of carbonyl (C=O) groups is 2. The smallest absolute Gasteiger partial charge is 0.300 e. The lowest BCUT2D eigenvalue weighted by atomic mass is 9.95. The number of para-hydroxylation sites is 2. The van der Waals surface area contributed by atoms with Crippen LogP contribution in [-0.4, -0.2) is 21.8 Å². The molecule has 5 nitrogen and oxygen atoms in total. The van der Waals surface area contributed by atoms with Crippen molar-refractivity contribution in [1.29, 1.82) is 0 Å². The Morgan fingerprint density at radius 1 is 0.903 bits per heavy atom. The van der Waals surface area contributed by atoms with Gasteiger partial charge in [-0.25, -0.2) is 0 Å². The minimum Gasteiger partial charge on any atom is -0.507 e. The maximum absolute atomic E-state index is 13.2. The molecule has 5 rings (SSSR count). The number of aromatic amines is 1. The average Bonchev–Trinajstić information content (AvgIpc) is 3.34. The van der Waals surface area contributed by atoms with Crippen molar-refractivity contribution in [3.63, 3.8) is 0 Å². The number of ketones is 1. The van der Waals surface area contributed by atoms with E-state index in [0.717, 1.165) is 22.0 Å². The molecule has 2 N–H and O–H groups in total. The van der Waals surface area contributed by atoms with E-state index in [0.29, 0.717) is 11.3 Å². The summed E-state index contributed by atoms with van der Waals surface area (Å²) in [6, 6.07) is 23.6. The van der Waals surface area contributed by atoms with Crippen LogP contribution in [0.2, 0.25) is 0 Å². The first kappa shape index (κ1) is 18.9. The number of aliphatic hydroxyl groups excluding tert-OH is 1. The molecule has 1 aliphatic rings. The predicted molar refractivity (Wildman–Crippen MR) is 121 cm³/mol. The van der Waals surface area contributed by atoms with Crippen molar-refractivity contribution in [2.75, 3.05) is 4.90 Å². The van der Waals surface area contributed by atoms with Crippen LogP contribution in [-0.2, 0) is 9.59 Å². The van der Waals surface area contributed by atoms with E-state index in [9.17, 15) is 14.7 Å². The number of aryl methyl sites for hydroxylation is 1. The highest BCUT2D eigenvalue weighted by Crippen LogP contribution is 2.43. The van der Waals surface area contributed by atoms with Crippen LogP contribution in [0.4, 0.5) is 5.69 Å². The lowest BCUT2D eigenvalue weighted by molar-refractivity contribution is -0.132. The third kappa shape index (κ3) is 2.94. The molecule has 1 aliphatic heterocycles. The number of Topliss-reactive ketones (excluding diaryl/α,β-unsaturated/α-hetero) is 1. The molecule has 1 fully saturated rings. The molecule has 1 unspecified atom stereocenters. The molecule has 1 atom stereocenters. The Hall–Kier alpha value is -4.12. The Balaban J connectivity index is 1.78. The van der Waals surface area contributed by atoms with Crippen LogP contribution in [0.3, 0.4) is 0 Å². The SMILES string of the molecule is Cc1ccccc1N1C(=O)C(=O)/C(=C(\O)c2c[nH]c3ccccc23)C1c1ccccc1. The lowest BCUT2D eigenvalue weighted by Crippen LogP contribution is -2.30. The van der Waals surface area contributed by atoms with Gasteiger partial charge in [0.05, 0.1) is 11.6 Å². The van der Waals surface area contributed by atoms with Crippen molar-refractivity contribution < 1.29 is 14.7 Å². The van der Waals surface area contributed by atoms with Crippen LogP contribution in [0.5, 0.6) is 0 Å². The summed E-state index contributed by atoms with van der Waals surface area (Å²) in [6.45, 7) is 1.90. The summed E-state index contributed by atoms with van der Waals surface area (Å²) in [5, 5.41) is 12.1. The van der Waals surface area contributed by atoms with Gasteiger partial charge < -0.3 is 10.1 Å². The highest BCUT2D eigenvalue weighted by Gasteiger charge is 2.47. The van der Waals surface area contributed by atoms with E-state index in [-0.39, 0.29) is 11.3 Å². The Morgan fingerprint density at radius 2 is 1.58 bits per heavy atom. The molecule has 1 amide bonds. The number of carbonyl (C=O) groups excluding carboxylic acids is 2. The van der Waals surface area contributed by atoms with Crippen molar-refractivity contribution >= 4 is 34.0 Å².